The van der Waals surface area contributed by atoms with Gasteiger partial charge in [-0.1, -0.05) is 0 Å². The van der Waals surface area contributed by atoms with Gasteiger partial charge >= 0.3 is 266 Å². The van der Waals surface area contributed by atoms with Gasteiger partial charge in [0.15, 0.2) is 0 Å². The minimum absolute atomic E-state index is 0. The zero-order valence-electron chi connectivity index (χ0n) is 19.2. The third-order valence-electron chi connectivity index (χ3n) is 1.25. The van der Waals surface area contributed by atoms with Crippen molar-refractivity contribution in [3.05, 3.63) is 0 Å². The SMILES string of the molecule is O=C([O-])CC(O)(CC(=O)[O-])C(=O)[O-].O=P([O-])([O-])[O-].[Na+].[Na+].[Na+].[Na+].[Na+].[Na+].[Na+].[Na+].[Na+].[O-]B([O-])[O-]. The summed E-state index contributed by atoms with van der Waals surface area (Å²) in [6, 6.07) is 0. The Balaban J connectivity index is -0.0000000177. The summed E-state index contributed by atoms with van der Waals surface area (Å²) in [7, 11) is -8.31. The van der Waals surface area contributed by atoms with Crippen LogP contribution in [-0.2, 0) is 18.9 Å². The van der Waals surface area contributed by atoms with Gasteiger partial charge in [0.1, 0.15) is 5.60 Å². The van der Waals surface area contributed by atoms with Crippen LogP contribution in [0.2, 0.25) is 0 Å². The molecule has 0 radical (unpaired) electrons. The number of aliphatic carboxylic acids is 3. The standard InChI is InChI=1S/C6H8O7.BO3.9Na.H3O4P/c7-3(8)1-6(13,5(11)12)2-4(9)10;2-1(3)4;;;;;;;;;;1-5(2,3)4/h13H,1-2H2,(H,7,8)(H,9,10)(H,11,12);;;;;;;;;;;(H3,1,2,3,4)/q;-3;9*+1;/p-6. The van der Waals surface area contributed by atoms with Crippen molar-refractivity contribution < 1.29 is 335 Å². The quantitative estimate of drug-likeness (QED) is 0.246. The molecule has 31 heavy (non-hydrogen) atoms. The topological polar surface area (TPSA) is 296 Å². The summed E-state index contributed by atoms with van der Waals surface area (Å²) in [6.07, 6.45) is -2.72. The number of phosphoric acid groups is 1. The summed E-state index contributed by atoms with van der Waals surface area (Å²) < 4.78 is 8.55. The Morgan fingerprint density at radius 2 is 0.806 bits per heavy atom. The molecule has 0 aliphatic rings. The molecule has 0 aromatic rings. The van der Waals surface area contributed by atoms with Gasteiger partial charge in [-0.15, -0.1) is 0 Å². The maximum atomic E-state index is 10.1. The second-order valence-corrected chi connectivity index (χ2v) is 4.05. The second-order valence-electron chi connectivity index (χ2n) is 3.15. The molecule has 0 bridgehead atoms. The molecule has 0 spiro atoms. The van der Waals surface area contributed by atoms with Gasteiger partial charge in [-0.25, -0.2) is 0 Å². The molecule has 0 aliphatic heterocycles. The van der Waals surface area contributed by atoms with Crippen molar-refractivity contribution in [2.75, 3.05) is 0 Å². The van der Waals surface area contributed by atoms with Crippen LogP contribution in [0.15, 0.2) is 0 Å². The zero-order chi connectivity index (χ0) is 18.7. The second kappa shape index (κ2) is 44.4. The normalized spacial score (nSPS) is 7.32. The Morgan fingerprint density at radius 3 is 0.871 bits per heavy atom. The zero-order valence-corrected chi connectivity index (χ0v) is 38.1. The largest absolute Gasteiger partial charge is 1.00 e. The van der Waals surface area contributed by atoms with Crippen molar-refractivity contribution in [2.24, 2.45) is 0 Å². The summed E-state index contributed by atoms with van der Waals surface area (Å²) in [5, 5.41) is 64.2. The number of carboxylic acids is 3. The average Bonchev–Trinajstić information content (AvgIpc) is 2.09. The summed E-state index contributed by atoms with van der Waals surface area (Å²) in [6.45, 7) is 0. The number of carbonyl (C=O) groups is 3. The Labute approximate surface area is 377 Å². The van der Waals surface area contributed by atoms with Crippen LogP contribution < -0.4 is 311 Å². The van der Waals surface area contributed by atoms with Gasteiger partial charge < -0.3 is 69.1 Å². The molecule has 0 amide bonds. The third kappa shape index (κ3) is 85.6. The molecule has 0 saturated heterocycles. The van der Waals surface area contributed by atoms with E-state index in [4.69, 9.17) is 39.4 Å². The molecule has 130 valence electrons. The van der Waals surface area contributed by atoms with Crippen LogP contribution in [0.4, 0.5) is 0 Å². The predicted octanol–water partition coefficient (Wildman–Crippen LogP) is -39.0. The fourth-order valence-electron chi connectivity index (χ4n) is 0.684. The minimum atomic E-state index is -5.39. The van der Waals surface area contributed by atoms with Crippen LogP contribution in [0.5, 0.6) is 0 Å². The van der Waals surface area contributed by atoms with E-state index in [-0.39, 0.29) is 266 Å². The van der Waals surface area contributed by atoms with E-state index in [9.17, 15) is 29.7 Å². The number of aliphatic hydroxyl groups is 1. The van der Waals surface area contributed by atoms with Crippen LogP contribution in [-0.4, -0.2) is 35.9 Å². The summed E-state index contributed by atoms with van der Waals surface area (Å²) in [5.74, 6) is -5.98. The van der Waals surface area contributed by atoms with E-state index in [1.807, 2.05) is 0 Å². The molecule has 0 aromatic carbocycles. The van der Waals surface area contributed by atoms with Crippen LogP contribution >= 0.6 is 7.82 Å². The Morgan fingerprint density at radius 1 is 0.677 bits per heavy atom. The first-order valence-corrected chi connectivity index (χ1v) is 6.01. The van der Waals surface area contributed by atoms with E-state index < -0.39 is 51.5 Å². The van der Waals surface area contributed by atoms with Gasteiger partial charge in [0.2, 0.25) is 0 Å². The van der Waals surface area contributed by atoms with Gasteiger partial charge in [-0.2, -0.15) is 7.82 Å². The first-order chi connectivity index (χ1) is 9.51. The predicted molar refractivity (Wildman–Crippen MR) is 42.6 cm³/mol. The Kier molecular flexibility index (Phi) is 111. The Hall–Kier alpha value is 7.42. The molecule has 0 aromatic heterocycles. The summed E-state index contributed by atoms with van der Waals surface area (Å²) in [5.41, 5.74) is -2.97. The molecule has 1 N–H and O–H groups in total. The van der Waals surface area contributed by atoms with Crippen LogP contribution in [0.25, 0.3) is 0 Å². The maximum absolute atomic E-state index is 10.1. The van der Waals surface area contributed by atoms with Crippen LogP contribution in [0.1, 0.15) is 12.8 Å². The average molecular weight is 550 g/mol. The van der Waals surface area contributed by atoms with Gasteiger partial charge in [0.05, 0.1) is 5.97 Å². The molecule has 25 heteroatoms. The molecule has 14 nitrogen and oxygen atoms in total. The number of hydrogen-bond acceptors (Lipinski definition) is 14. The maximum Gasteiger partial charge on any atom is 1.00 e. The smallest absolute Gasteiger partial charge is 0.907 e. The number of carbonyl (C=O) groups excluding carboxylic acids is 3. The van der Waals surface area contributed by atoms with Crippen molar-refractivity contribution in [2.45, 2.75) is 18.4 Å². The molecular formula is C6H5BNa9O14P. The van der Waals surface area contributed by atoms with E-state index in [1.165, 1.54) is 0 Å². The van der Waals surface area contributed by atoms with Crippen LogP contribution in [0, 0.1) is 0 Å². The monoisotopic (exact) mass is 550 g/mol. The van der Waals surface area contributed by atoms with Gasteiger partial charge in [-0.3, -0.25) is 7.32 Å². The first-order valence-electron chi connectivity index (χ1n) is 4.55. The van der Waals surface area contributed by atoms with Crippen molar-refractivity contribution in [3.8, 4) is 0 Å². The van der Waals surface area contributed by atoms with Crippen molar-refractivity contribution in [1.29, 1.82) is 0 Å². The van der Waals surface area contributed by atoms with Crippen molar-refractivity contribution in [3.63, 3.8) is 0 Å². The molecule has 0 atom stereocenters. The molecule has 0 unspecified atom stereocenters. The van der Waals surface area contributed by atoms with Crippen molar-refractivity contribution in [1.82, 2.24) is 0 Å². The number of hydrogen-bond donors (Lipinski definition) is 1. The molecule has 0 saturated carbocycles. The van der Waals surface area contributed by atoms with Crippen molar-refractivity contribution >= 4 is 33.1 Å². The van der Waals surface area contributed by atoms with Crippen LogP contribution in [0.3, 0.4) is 0 Å². The van der Waals surface area contributed by atoms with Gasteiger partial charge in [0, 0.05) is 24.8 Å². The molecule has 0 aliphatic carbocycles. The first kappa shape index (κ1) is 77.1. The van der Waals surface area contributed by atoms with Gasteiger partial charge in [0.25, 0.3) is 0 Å². The van der Waals surface area contributed by atoms with E-state index in [0.29, 0.717) is 0 Å². The Bertz CT molecular complexity index is 413. The minimum Gasteiger partial charge on any atom is -0.907 e. The van der Waals surface area contributed by atoms with Gasteiger partial charge in [-0.05, 0) is 0 Å². The third-order valence-corrected chi connectivity index (χ3v) is 1.25. The summed E-state index contributed by atoms with van der Waals surface area (Å²) in [4.78, 5) is 55.6. The molecule has 0 rings (SSSR count). The fraction of sp³-hybridized carbons (Fsp3) is 0.500. The number of rotatable bonds is 5. The fourth-order valence-corrected chi connectivity index (χ4v) is 0.684. The van der Waals surface area contributed by atoms with E-state index in [2.05, 4.69) is 0 Å². The van der Waals surface area contributed by atoms with E-state index in [0.717, 1.165) is 0 Å². The number of carboxylic acid groups (broad SMARTS) is 3. The molecule has 0 heterocycles. The van der Waals surface area contributed by atoms with E-state index >= 15 is 0 Å². The molecule has 0 fully saturated rings. The molecular weight excluding hydrogens is 545 g/mol. The van der Waals surface area contributed by atoms with E-state index in [1.54, 1.807) is 0 Å². The summed E-state index contributed by atoms with van der Waals surface area (Å²) >= 11 is 0.